The first-order valence-electron chi connectivity index (χ1n) is 7.66. The molecule has 0 unspecified atom stereocenters. The van der Waals surface area contributed by atoms with Crippen LogP contribution in [-0.2, 0) is 4.79 Å². The quantitative estimate of drug-likeness (QED) is 0.729. The molecule has 4 heteroatoms. The van der Waals surface area contributed by atoms with Crippen molar-refractivity contribution in [3.8, 4) is 6.07 Å². The van der Waals surface area contributed by atoms with Gasteiger partial charge < -0.3 is 4.90 Å². The summed E-state index contributed by atoms with van der Waals surface area (Å²) >= 11 is 0. The van der Waals surface area contributed by atoms with E-state index in [-0.39, 0.29) is 0 Å². The number of amides is 1. The lowest BCUT2D eigenvalue weighted by atomic mass is 9.86. The maximum Gasteiger partial charge on any atom is 0.222 e. The van der Waals surface area contributed by atoms with E-state index in [2.05, 4.69) is 11.0 Å². The van der Waals surface area contributed by atoms with Crippen molar-refractivity contribution in [1.29, 1.82) is 5.26 Å². The molecule has 0 N–H and O–H groups in total. The molecule has 1 heterocycles. The van der Waals surface area contributed by atoms with Gasteiger partial charge in [-0.2, -0.15) is 5.26 Å². The fraction of sp³-hybridized carbons (Fsp3) is 0.867. The van der Waals surface area contributed by atoms with Crippen LogP contribution in [0.2, 0.25) is 0 Å². The van der Waals surface area contributed by atoms with Crippen molar-refractivity contribution < 1.29 is 4.79 Å². The van der Waals surface area contributed by atoms with Crippen LogP contribution >= 0.6 is 0 Å². The van der Waals surface area contributed by atoms with E-state index in [1.807, 2.05) is 4.90 Å². The van der Waals surface area contributed by atoms with E-state index in [9.17, 15) is 4.79 Å². The molecule has 19 heavy (non-hydrogen) atoms. The topological polar surface area (TPSA) is 47.3 Å². The zero-order chi connectivity index (χ0) is 13.5. The Morgan fingerprint density at radius 3 is 2.42 bits per heavy atom. The van der Waals surface area contributed by atoms with Crippen LogP contribution in [0.15, 0.2) is 0 Å². The molecule has 0 bridgehead atoms. The SMILES string of the molecule is N#CCN1CCN(C(=O)CCC2CCCCC2)CC1. The number of hydrogen-bond donors (Lipinski definition) is 0. The summed E-state index contributed by atoms with van der Waals surface area (Å²) in [6, 6.07) is 2.17. The van der Waals surface area contributed by atoms with Gasteiger partial charge in [-0.3, -0.25) is 9.69 Å². The summed E-state index contributed by atoms with van der Waals surface area (Å²) in [7, 11) is 0. The first-order chi connectivity index (χ1) is 9.29. The Kier molecular flexibility index (Phi) is 5.65. The molecular formula is C15H25N3O. The fourth-order valence-electron chi connectivity index (χ4n) is 3.22. The molecule has 2 aliphatic rings. The zero-order valence-electron chi connectivity index (χ0n) is 11.8. The van der Waals surface area contributed by atoms with Crippen LogP contribution in [0, 0.1) is 17.2 Å². The number of nitriles is 1. The van der Waals surface area contributed by atoms with Crippen LogP contribution in [0.5, 0.6) is 0 Å². The van der Waals surface area contributed by atoms with Crippen molar-refractivity contribution in [3.63, 3.8) is 0 Å². The van der Waals surface area contributed by atoms with Gasteiger partial charge in [-0.15, -0.1) is 0 Å². The molecule has 1 aliphatic carbocycles. The van der Waals surface area contributed by atoms with Gasteiger partial charge in [0, 0.05) is 32.6 Å². The van der Waals surface area contributed by atoms with Gasteiger partial charge in [-0.25, -0.2) is 0 Å². The van der Waals surface area contributed by atoms with Crippen LogP contribution in [0.3, 0.4) is 0 Å². The summed E-state index contributed by atoms with van der Waals surface area (Å²) in [4.78, 5) is 16.2. The molecule has 0 spiro atoms. The normalized spacial score (nSPS) is 22.2. The minimum Gasteiger partial charge on any atom is -0.340 e. The Morgan fingerprint density at radius 1 is 1.11 bits per heavy atom. The summed E-state index contributed by atoms with van der Waals surface area (Å²) in [6.45, 7) is 3.78. The van der Waals surface area contributed by atoms with Crippen molar-refractivity contribution in [1.82, 2.24) is 9.80 Å². The Balaban J connectivity index is 1.65. The largest absolute Gasteiger partial charge is 0.340 e. The molecule has 106 valence electrons. The highest BCUT2D eigenvalue weighted by atomic mass is 16.2. The van der Waals surface area contributed by atoms with E-state index in [1.54, 1.807) is 0 Å². The van der Waals surface area contributed by atoms with Gasteiger partial charge in [0.1, 0.15) is 0 Å². The summed E-state index contributed by atoms with van der Waals surface area (Å²) in [5.41, 5.74) is 0. The molecule has 0 radical (unpaired) electrons. The van der Waals surface area contributed by atoms with Gasteiger partial charge >= 0.3 is 0 Å². The number of hydrogen-bond acceptors (Lipinski definition) is 3. The standard InChI is InChI=1S/C15H25N3O/c16-8-9-17-10-12-18(13-11-17)15(19)7-6-14-4-2-1-3-5-14/h14H,1-7,9-13H2. The Hall–Kier alpha value is -1.08. The lowest BCUT2D eigenvalue weighted by Gasteiger charge is -2.33. The van der Waals surface area contributed by atoms with E-state index >= 15 is 0 Å². The highest BCUT2D eigenvalue weighted by Crippen LogP contribution is 2.27. The van der Waals surface area contributed by atoms with Gasteiger partial charge in [0.15, 0.2) is 0 Å². The van der Waals surface area contributed by atoms with Gasteiger partial charge in [-0.1, -0.05) is 32.1 Å². The molecule has 2 rings (SSSR count). The molecule has 1 saturated carbocycles. The van der Waals surface area contributed by atoms with Crippen molar-refractivity contribution in [2.24, 2.45) is 5.92 Å². The predicted molar refractivity (Wildman–Crippen MR) is 74.4 cm³/mol. The Bertz CT molecular complexity index is 323. The predicted octanol–water partition coefficient (Wildman–Crippen LogP) is 2.01. The second-order valence-electron chi connectivity index (χ2n) is 5.86. The summed E-state index contributed by atoms with van der Waals surface area (Å²) < 4.78 is 0. The summed E-state index contributed by atoms with van der Waals surface area (Å²) in [5, 5.41) is 8.65. The molecule has 2 fully saturated rings. The van der Waals surface area contributed by atoms with Gasteiger partial charge in [0.2, 0.25) is 5.91 Å². The minimum atomic E-state index is 0.321. The molecule has 0 aromatic rings. The van der Waals surface area contributed by atoms with Crippen LogP contribution in [-0.4, -0.2) is 48.4 Å². The first kappa shape index (κ1) is 14.3. The average molecular weight is 263 g/mol. The molecule has 1 amide bonds. The van der Waals surface area contributed by atoms with Gasteiger partial charge in [0.05, 0.1) is 12.6 Å². The smallest absolute Gasteiger partial charge is 0.222 e. The van der Waals surface area contributed by atoms with Crippen molar-refractivity contribution in [2.45, 2.75) is 44.9 Å². The second-order valence-corrected chi connectivity index (χ2v) is 5.86. The maximum absolute atomic E-state index is 12.1. The van der Waals surface area contributed by atoms with E-state index in [1.165, 1.54) is 32.1 Å². The third-order valence-corrected chi connectivity index (χ3v) is 4.51. The van der Waals surface area contributed by atoms with Crippen LogP contribution in [0.25, 0.3) is 0 Å². The number of nitrogens with zero attached hydrogens (tertiary/aromatic N) is 3. The van der Waals surface area contributed by atoms with Crippen molar-refractivity contribution >= 4 is 5.91 Å². The van der Waals surface area contributed by atoms with Gasteiger partial charge in [-0.05, 0) is 12.3 Å². The summed E-state index contributed by atoms with van der Waals surface area (Å²) in [5.74, 6) is 1.11. The highest BCUT2D eigenvalue weighted by molar-refractivity contribution is 5.76. The zero-order valence-corrected chi connectivity index (χ0v) is 11.8. The van der Waals surface area contributed by atoms with E-state index < -0.39 is 0 Å². The molecule has 0 aromatic carbocycles. The molecule has 4 nitrogen and oxygen atoms in total. The fourth-order valence-corrected chi connectivity index (χ4v) is 3.22. The third-order valence-electron chi connectivity index (χ3n) is 4.51. The van der Waals surface area contributed by atoms with Crippen LogP contribution < -0.4 is 0 Å². The number of carbonyl (C=O) groups is 1. The molecule has 1 saturated heterocycles. The number of piperazine rings is 1. The molecule has 0 atom stereocenters. The lowest BCUT2D eigenvalue weighted by Crippen LogP contribution is -2.48. The highest BCUT2D eigenvalue weighted by Gasteiger charge is 2.22. The van der Waals surface area contributed by atoms with Crippen molar-refractivity contribution in [2.75, 3.05) is 32.7 Å². The minimum absolute atomic E-state index is 0.321. The first-order valence-corrected chi connectivity index (χ1v) is 7.66. The Labute approximate surface area is 116 Å². The maximum atomic E-state index is 12.1. The summed E-state index contributed by atoms with van der Waals surface area (Å²) in [6.07, 6.45) is 8.54. The Morgan fingerprint density at radius 2 is 1.79 bits per heavy atom. The number of carbonyl (C=O) groups excluding carboxylic acids is 1. The van der Waals surface area contributed by atoms with Crippen LogP contribution in [0.4, 0.5) is 0 Å². The molecular weight excluding hydrogens is 238 g/mol. The van der Waals surface area contributed by atoms with E-state index in [4.69, 9.17) is 5.26 Å². The van der Waals surface area contributed by atoms with Crippen molar-refractivity contribution in [3.05, 3.63) is 0 Å². The van der Waals surface area contributed by atoms with Gasteiger partial charge in [0.25, 0.3) is 0 Å². The van der Waals surface area contributed by atoms with E-state index in [0.29, 0.717) is 12.5 Å². The van der Waals surface area contributed by atoms with Crippen LogP contribution in [0.1, 0.15) is 44.9 Å². The number of rotatable bonds is 4. The lowest BCUT2D eigenvalue weighted by molar-refractivity contribution is -0.133. The monoisotopic (exact) mass is 263 g/mol. The average Bonchev–Trinajstić information content (AvgIpc) is 2.47. The second kappa shape index (κ2) is 7.49. The van der Waals surface area contributed by atoms with E-state index in [0.717, 1.165) is 44.9 Å². The molecule has 0 aromatic heterocycles. The molecule has 1 aliphatic heterocycles. The third kappa shape index (κ3) is 4.50.